The monoisotopic (exact) mass is 524 g/mol. The van der Waals surface area contributed by atoms with Crippen molar-refractivity contribution in [1.29, 1.82) is 0 Å². The maximum Gasteiger partial charge on any atom is 0.315 e. The minimum absolute atomic E-state index is 0.0674. The molecule has 176 valence electrons. The summed E-state index contributed by atoms with van der Waals surface area (Å²) in [4.78, 5) is 26.4. The minimum Gasteiger partial charge on any atom is -0.374 e. The third kappa shape index (κ3) is 7.69. The lowest BCUT2D eigenvalue weighted by atomic mass is 10.1. The Hall–Kier alpha value is -1.74. The predicted octanol–water partition coefficient (Wildman–Crippen LogP) is 1.39. The molecule has 2 rings (SSSR count). The van der Waals surface area contributed by atoms with Gasteiger partial charge in [-0.05, 0) is 30.5 Å². The molecule has 1 saturated heterocycles. The van der Waals surface area contributed by atoms with Crippen molar-refractivity contribution in [1.82, 2.24) is 9.80 Å². The maximum atomic E-state index is 12.2. The van der Waals surface area contributed by atoms with Crippen molar-refractivity contribution >= 4 is 54.9 Å². The van der Waals surface area contributed by atoms with Gasteiger partial charge in [-0.1, -0.05) is 35.2 Å². The van der Waals surface area contributed by atoms with Crippen molar-refractivity contribution in [2.75, 3.05) is 26.2 Å². The summed E-state index contributed by atoms with van der Waals surface area (Å²) in [6, 6.07) is 3.11. The van der Waals surface area contributed by atoms with Gasteiger partial charge in [0, 0.05) is 30.3 Å². The molecule has 3 atom stereocenters. The molecule has 2 unspecified atom stereocenters. The summed E-state index contributed by atoms with van der Waals surface area (Å²) >= 11 is 12.0. The molecule has 3 amide bonds. The molecule has 0 aromatic heterocycles. The molecule has 1 heterocycles. The average Bonchev–Trinajstić information content (AvgIpc) is 2.69. The van der Waals surface area contributed by atoms with Crippen LogP contribution in [-0.4, -0.2) is 73.8 Å². The van der Waals surface area contributed by atoms with Gasteiger partial charge in [0.25, 0.3) is 5.91 Å². The molecule has 0 aliphatic carbocycles. The van der Waals surface area contributed by atoms with Crippen LogP contribution in [0.15, 0.2) is 18.2 Å². The van der Waals surface area contributed by atoms with Crippen LogP contribution in [0.2, 0.25) is 10.0 Å². The minimum atomic E-state index is -4.13. The van der Waals surface area contributed by atoms with Crippen LogP contribution in [0.5, 0.6) is 0 Å². The second-order valence-electron chi connectivity index (χ2n) is 7.23. The van der Waals surface area contributed by atoms with Crippen molar-refractivity contribution in [2.24, 2.45) is 11.5 Å². The second kappa shape index (κ2) is 11.4. The van der Waals surface area contributed by atoms with Gasteiger partial charge in [-0.25, -0.2) is 13.2 Å². The molecular weight excluding hydrogens is 503 g/mol. The molecule has 9 nitrogen and oxygen atoms in total. The molecule has 0 bridgehead atoms. The van der Waals surface area contributed by atoms with Crippen LogP contribution in [0.3, 0.4) is 0 Å². The van der Waals surface area contributed by atoms with Gasteiger partial charge < -0.3 is 21.1 Å². The predicted molar refractivity (Wildman–Crippen MR) is 123 cm³/mol. The zero-order valence-electron chi connectivity index (χ0n) is 17.1. The van der Waals surface area contributed by atoms with Gasteiger partial charge in [-0.3, -0.25) is 9.69 Å². The van der Waals surface area contributed by atoms with Gasteiger partial charge in [0.1, 0.15) is 11.3 Å². The summed E-state index contributed by atoms with van der Waals surface area (Å²) in [5.41, 5.74) is 11.5. The van der Waals surface area contributed by atoms with E-state index in [0.29, 0.717) is 36.3 Å². The molecule has 1 aliphatic rings. The zero-order valence-corrected chi connectivity index (χ0v) is 20.2. The largest absolute Gasteiger partial charge is 0.374 e. The van der Waals surface area contributed by atoms with Gasteiger partial charge in [-0.15, -0.1) is 0 Å². The van der Waals surface area contributed by atoms with Gasteiger partial charge >= 0.3 is 6.03 Å². The zero-order chi connectivity index (χ0) is 24.1. The number of urea groups is 1. The average molecular weight is 526 g/mol. The highest BCUT2D eigenvalue weighted by Gasteiger charge is 2.35. The number of hydrogen-bond acceptors (Lipinski definition) is 6. The first-order valence-electron chi connectivity index (χ1n) is 9.47. The molecule has 0 spiro atoms. The highest BCUT2D eigenvalue weighted by Crippen LogP contribution is 2.24. The maximum absolute atomic E-state index is 12.2. The van der Waals surface area contributed by atoms with Crippen molar-refractivity contribution in [3.8, 4) is 11.8 Å². The van der Waals surface area contributed by atoms with E-state index in [9.17, 15) is 18.0 Å². The van der Waals surface area contributed by atoms with Gasteiger partial charge in [-0.2, -0.15) is 0 Å². The summed E-state index contributed by atoms with van der Waals surface area (Å²) in [5, 5.41) is -0.431. The number of morpholine rings is 1. The number of halogens is 3. The van der Waals surface area contributed by atoms with Crippen LogP contribution in [-0.2, 0) is 25.1 Å². The van der Waals surface area contributed by atoms with E-state index in [0.717, 1.165) is 10.5 Å². The van der Waals surface area contributed by atoms with E-state index in [1.54, 1.807) is 12.1 Å². The number of amides is 3. The second-order valence-corrected chi connectivity index (χ2v) is 11.0. The van der Waals surface area contributed by atoms with Gasteiger partial charge in [0.2, 0.25) is 9.05 Å². The van der Waals surface area contributed by atoms with Crippen molar-refractivity contribution in [2.45, 2.75) is 30.9 Å². The Balaban J connectivity index is 2.19. The van der Waals surface area contributed by atoms with E-state index >= 15 is 0 Å². The summed E-state index contributed by atoms with van der Waals surface area (Å²) in [7, 11) is 1.34. The number of rotatable bonds is 7. The Kier molecular flexibility index (Phi) is 9.45. The van der Waals surface area contributed by atoms with Crippen LogP contribution < -0.4 is 11.5 Å². The first-order valence-corrected chi connectivity index (χ1v) is 12.6. The van der Waals surface area contributed by atoms with Crippen LogP contribution >= 0.6 is 33.9 Å². The summed E-state index contributed by atoms with van der Waals surface area (Å²) in [5.74, 6) is 3.48. The number of carbonyl (C=O) groups excluding carboxylic acids is 2. The van der Waals surface area contributed by atoms with Crippen molar-refractivity contribution in [3.63, 3.8) is 0 Å². The molecule has 4 N–H and O–H groups in total. The number of nitrogens with zero attached hydrogens (tertiary/aromatic N) is 2. The van der Waals surface area contributed by atoms with E-state index in [1.165, 1.54) is 6.92 Å². The molecule has 13 heteroatoms. The smallest absolute Gasteiger partial charge is 0.315 e. The molecule has 1 fully saturated rings. The molecule has 1 aliphatic heterocycles. The topological polar surface area (TPSA) is 136 Å². The van der Waals surface area contributed by atoms with E-state index < -0.39 is 38.4 Å². The first kappa shape index (κ1) is 26.5. The fourth-order valence-electron chi connectivity index (χ4n) is 3.24. The summed E-state index contributed by atoms with van der Waals surface area (Å²) < 4.78 is 29.5. The van der Waals surface area contributed by atoms with Crippen LogP contribution in [0.4, 0.5) is 4.79 Å². The van der Waals surface area contributed by atoms with Crippen molar-refractivity contribution < 1.29 is 22.7 Å². The van der Waals surface area contributed by atoms with E-state index in [4.69, 9.17) is 50.1 Å². The van der Waals surface area contributed by atoms with Gasteiger partial charge in [0.05, 0.1) is 29.3 Å². The highest BCUT2D eigenvalue weighted by atomic mass is 35.7. The normalized spacial score (nSPS) is 18.8. The Morgan fingerprint density at radius 1 is 1.31 bits per heavy atom. The van der Waals surface area contributed by atoms with Crippen LogP contribution in [0.1, 0.15) is 12.5 Å². The van der Waals surface area contributed by atoms with Crippen LogP contribution in [0.25, 0.3) is 0 Å². The molecule has 1 aromatic rings. The van der Waals surface area contributed by atoms with E-state index in [-0.39, 0.29) is 6.54 Å². The fraction of sp³-hybridized carbons (Fsp3) is 0.474. The molecule has 32 heavy (non-hydrogen) atoms. The Labute approximate surface area is 201 Å². The highest BCUT2D eigenvalue weighted by molar-refractivity contribution is 8.14. The third-order valence-electron chi connectivity index (χ3n) is 4.86. The van der Waals surface area contributed by atoms with E-state index in [1.807, 2.05) is 6.07 Å². The van der Waals surface area contributed by atoms with Crippen LogP contribution in [0, 0.1) is 11.8 Å². The third-order valence-corrected chi connectivity index (χ3v) is 7.59. The summed E-state index contributed by atoms with van der Waals surface area (Å²) in [6.07, 6.45) is -0.498. The number of primary amides is 2. The molecular formula is C19H23Cl3N4O5S. The Morgan fingerprint density at radius 3 is 2.56 bits per heavy atom. The van der Waals surface area contributed by atoms with Gasteiger partial charge in [0.15, 0.2) is 0 Å². The lowest BCUT2D eigenvalue weighted by Gasteiger charge is -2.37. The fourth-order valence-corrected chi connectivity index (χ4v) is 4.37. The standard InChI is InChI=1S/C19H23Cl3N4O5S/c1-12(32(22,29)30)17(4-5-18(23)27)26(19(24)28)11-14-10-25(6-7-31-14)9-13-2-3-15(20)16(21)8-13/h2-3,8,12,14,17H,6-7,9-11H2,1H3,(H2,23,27)(H2,24,28)/t12?,14-,17?/m0/s1. The molecule has 0 saturated carbocycles. The Bertz CT molecular complexity index is 1030. The number of benzene rings is 1. The molecule has 0 radical (unpaired) electrons. The number of nitrogens with two attached hydrogens (primary N) is 2. The Morgan fingerprint density at radius 2 is 2.00 bits per heavy atom. The number of hydrogen-bond donors (Lipinski definition) is 2. The number of ether oxygens (including phenoxy) is 1. The lowest BCUT2D eigenvalue weighted by Crippen LogP contribution is -2.55. The lowest BCUT2D eigenvalue weighted by molar-refractivity contribution is -0.112. The summed E-state index contributed by atoms with van der Waals surface area (Å²) in [6.45, 7) is 3.18. The number of carbonyl (C=O) groups is 2. The molecule has 1 aromatic carbocycles. The van der Waals surface area contributed by atoms with Crippen molar-refractivity contribution in [3.05, 3.63) is 33.8 Å². The quantitative estimate of drug-likeness (QED) is 0.408. The van der Waals surface area contributed by atoms with E-state index in [2.05, 4.69) is 16.7 Å². The SMILES string of the molecule is CC(C(C#CC(N)=O)N(C[C@@H]1CN(Cc2ccc(Cl)c(Cl)c2)CCO1)C(N)=O)S(=O)(=O)Cl. The first-order chi connectivity index (χ1) is 14.9.